The van der Waals surface area contributed by atoms with E-state index in [0.29, 0.717) is 0 Å². The van der Waals surface area contributed by atoms with Crippen LogP contribution in [0.25, 0.3) is 0 Å². The maximum atomic E-state index is 10.2. The highest BCUT2D eigenvalue weighted by Gasteiger charge is 1.86. The van der Waals surface area contributed by atoms with Gasteiger partial charge in [0, 0.05) is 6.07 Å². The summed E-state index contributed by atoms with van der Waals surface area (Å²) < 4.78 is 3.35. The second kappa shape index (κ2) is 1.79. The van der Waals surface area contributed by atoms with Crippen LogP contribution < -0.4 is 5.56 Å². The van der Waals surface area contributed by atoms with Crippen molar-refractivity contribution in [2.75, 3.05) is 0 Å². The molecule has 7 heavy (non-hydrogen) atoms. The summed E-state index contributed by atoms with van der Waals surface area (Å²) in [6, 6.07) is 1.49. The molecule has 38 valence electrons. The van der Waals surface area contributed by atoms with Crippen molar-refractivity contribution in [3.63, 3.8) is 0 Å². The summed E-state index contributed by atoms with van der Waals surface area (Å²) in [5.74, 6) is 0. The van der Waals surface area contributed by atoms with Gasteiger partial charge < -0.3 is 0 Å². The van der Waals surface area contributed by atoms with Gasteiger partial charge in [-0.2, -0.15) is 0 Å². The van der Waals surface area contributed by atoms with Gasteiger partial charge in [-0.3, -0.25) is 9.17 Å². The maximum Gasteiger partial charge on any atom is 0.259 e. The third-order valence-corrected chi connectivity index (χ3v) is 1.82. The van der Waals surface area contributed by atoms with Gasteiger partial charge in [-0.15, -0.1) is 0 Å². The van der Waals surface area contributed by atoms with E-state index in [-0.39, 0.29) is 5.56 Å². The van der Waals surface area contributed by atoms with Crippen molar-refractivity contribution in [2.45, 2.75) is 0 Å². The summed E-state index contributed by atoms with van der Waals surface area (Å²) >= 11 is 4.40. The highest BCUT2D eigenvalue weighted by Crippen LogP contribution is 2.08. The van der Waals surface area contributed by atoms with Gasteiger partial charge in [-0.05, 0) is 15.9 Å². The van der Waals surface area contributed by atoms with Gasteiger partial charge >= 0.3 is 0 Å². The molecule has 0 fully saturated rings. The van der Waals surface area contributed by atoms with Crippen LogP contribution in [0.3, 0.4) is 0 Å². The lowest BCUT2D eigenvalue weighted by Gasteiger charge is -1.60. The molecule has 1 aromatic heterocycles. The summed E-state index contributed by atoms with van der Waals surface area (Å²) in [4.78, 5) is 10.2. The topological polar surface area (TPSA) is 32.9 Å². The molecule has 0 aliphatic rings. The van der Waals surface area contributed by atoms with E-state index >= 15 is 0 Å². The predicted molar refractivity (Wildman–Crippen MR) is 32.6 cm³/mol. The molecule has 0 unspecified atom stereocenters. The first-order chi connectivity index (χ1) is 3.29. The largest absolute Gasteiger partial charge is 0.277 e. The van der Waals surface area contributed by atoms with Crippen molar-refractivity contribution < 1.29 is 0 Å². The molecule has 0 radical (unpaired) electrons. The lowest BCUT2D eigenvalue weighted by molar-refractivity contribution is 1.43. The lowest BCUT2D eigenvalue weighted by atomic mass is 10.8. The van der Waals surface area contributed by atoms with Gasteiger partial charge in [0.1, 0.15) is 0 Å². The number of hydrogen-bond donors (Lipinski definition) is 1. The Morgan fingerprint density at radius 3 is 2.71 bits per heavy atom. The summed E-state index contributed by atoms with van der Waals surface area (Å²) in [7, 11) is 0. The van der Waals surface area contributed by atoms with Crippen molar-refractivity contribution in [1.82, 2.24) is 4.37 Å². The second-order valence-corrected chi connectivity index (χ2v) is 3.24. The molecule has 1 rings (SSSR count). The fourth-order valence-corrected chi connectivity index (χ4v) is 1.13. The minimum Gasteiger partial charge on any atom is -0.277 e. The van der Waals surface area contributed by atoms with E-state index in [1.807, 2.05) is 0 Å². The molecule has 0 spiro atoms. The molecule has 1 aromatic rings. The molecule has 4 heteroatoms. The first kappa shape index (κ1) is 5.05. The van der Waals surface area contributed by atoms with Crippen molar-refractivity contribution in [3.8, 4) is 0 Å². The minimum absolute atomic E-state index is 0.0446. The number of aromatic amines is 1. The summed E-state index contributed by atoms with van der Waals surface area (Å²) in [5.41, 5.74) is -0.0446. The van der Waals surface area contributed by atoms with E-state index in [1.54, 1.807) is 0 Å². The third kappa shape index (κ3) is 1.14. The molecule has 1 heterocycles. The van der Waals surface area contributed by atoms with Crippen LogP contribution in [-0.2, 0) is 0 Å². The zero-order valence-electron chi connectivity index (χ0n) is 3.27. The highest BCUT2D eigenvalue weighted by molar-refractivity contribution is 9.11. The van der Waals surface area contributed by atoms with Crippen LogP contribution in [-0.4, -0.2) is 4.37 Å². The number of H-pyrrole nitrogens is 1. The van der Waals surface area contributed by atoms with Crippen molar-refractivity contribution in [2.24, 2.45) is 0 Å². The van der Waals surface area contributed by atoms with E-state index in [4.69, 9.17) is 0 Å². The Morgan fingerprint density at radius 2 is 2.57 bits per heavy atom. The lowest BCUT2D eigenvalue weighted by Crippen LogP contribution is -1.91. The average molecular weight is 180 g/mol. The average Bonchev–Trinajstić information content (AvgIpc) is 1.87. The summed E-state index contributed by atoms with van der Waals surface area (Å²) in [6.07, 6.45) is 0. The monoisotopic (exact) mass is 179 g/mol. The van der Waals surface area contributed by atoms with Gasteiger partial charge in [0.25, 0.3) is 5.56 Å². The van der Waals surface area contributed by atoms with Gasteiger partial charge in [0.15, 0.2) is 0 Å². The maximum absolute atomic E-state index is 10.2. The van der Waals surface area contributed by atoms with Crippen LogP contribution >= 0.6 is 27.5 Å². The molecule has 0 saturated heterocycles. The number of halogens is 1. The minimum atomic E-state index is -0.0446. The van der Waals surface area contributed by atoms with Gasteiger partial charge in [-0.25, -0.2) is 0 Å². The summed E-state index contributed by atoms with van der Waals surface area (Å²) in [6.45, 7) is 0. The smallest absolute Gasteiger partial charge is 0.259 e. The number of nitrogens with one attached hydrogen (secondary N) is 1. The van der Waals surface area contributed by atoms with E-state index in [1.165, 1.54) is 17.6 Å². The molecule has 1 N–H and O–H groups in total. The Labute approximate surface area is 52.5 Å². The Hall–Kier alpha value is -0.0900. The van der Waals surface area contributed by atoms with Crippen molar-refractivity contribution in [1.29, 1.82) is 0 Å². The molecule has 0 bridgehead atoms. The van der Waals surface area contributed by atoms with Crippen molar-refractivity contribution in [3.05, 3.63) is 20.2 Å². The number of rotatable bonds is 0. The molecule has 0 atom stereocenters. The van der Waals surface area contributed by atoms with Crippen LogP contribution in [0.15, 0.2) is 14.6 Å². The van der Waals surface area contributed by atoms with Gasteiger partial charge in [0.2, 0.25) is 0 Å². The van der Waals surface area contributed by atoms with Gasteiger partial charge in [0.05, 0.1) is 3.79 Å². The fraction of sp³-hybridized carbons (Fsp3) is 0. The Kier molecular flexibility index (Phi) is 1.30. The van der Waals surface area contributed by atoms with Crippen LogP contribution in [0.4, 0.5) is 0 Å². The van der Waals surface area contributed by atoms with Crippen molar-refractivity contribution >= 4 is 27.5 Å². The number of hydrogen-bond acceptors (Lipinski definition) is 2. The molecule has 0 aliphatic carbocycles. The van der Waals surface area contributed by atoms with E-state index in [2.05, 4.69) is 20.3 Å². The quantitative estimate of drug-likeness (QED) is 0.639. The predicted octanol–water partition coefficient (Wildman–Crippen LogP) is 1.20. The van der Waals surface area contributed by atoms with Crippen LogP contribution in [0.2, 0.25) is 0 Å². The summed E-state index contributed by atoms with van der Waals surface area (Å²) in [5, 5.41) is 0. The SMILES string of the molecule is O=c1cc(Br)s[nH]1. The molecular formula is C3H2BrNOS. The Morgan fingerprint density at radius 1 is 1.86 bits per heavy atom. The fourth-order valence-electron chi connectivity index (χ4n) is 0.261. The number of aromatic nitrogens is 1. The molecule has 0 aromatic carbocycles. The standard InChI is InChI=1S/C3H2BrNOS/c4-2-1-3(6)5-7-2/h1H,(H,5,6). The molecular weight excluding hydrogens is 178 g/mol. The molecule has 0 amide bonds. The zero-order valence-corrected chi connectivity index (χ0v) is 5.67. The second-order valence-electron chi connectivity index (χ2n) is 1.02. The molecule has 2 nitrogen and oxygen atoms in total. The van der Waals surface area contributed by atoms with E-state index < -0.39 is 0 Å². The third-order valence-electron chi connectivity index (χ3n) is 0.494. The van der Waals surface area contributed by atoms with E-state index in [0.717, 1.165) is 3.79 Å². The van der Waals surface area contributed by atoms with Crippen LogP contribution in [0.1, 0.15) is 0 Å². The van der Waals surface area contributed by atoms with E-state index in [9.17, 15) is 4.79 Å². The first-order valence-electron chi connectivity index (χ1n) is 1.63. The highest BCUT2D eigenvalue weighted by atomic mass is 79.9. The normalized spacial score (nSPS) is 9.29. The Bertz CT molecular complexity index is 203. The first-order valence-corrected chi connectivity index (χ1v) is 3.24. The Balaban J connectivity index is 3.30. The molecule has 0 saturated carbocycles. The van der Waals surface area contributed by atoms with Crippen LogP contribution in [0.5, 0.6) is 0 Å². The molecule has 0 aliphatic heterocycles. The van der Waals surface area contributed by atoms with Gasteiger partial charge in [-0.1, -0.05) is 11.5 Å². The van der Waals surface area contributed by atoms with Crippen LogP contribution in [0, 0.1) is 0 Å². The zero-order chi connectivity index (χ0) is 5.28.